The number of carbonyl (C=O) groups is 2. The van der Waals surface area contributed by atoms with Gasteiger partial charge in [-0.05, 0) is 18.8 Å². The first-order valence-electron chi connectivity index (χ1n) is 6.40. The van der Waals surface area contributed by atoms with Gasteiger partial charge in [0.2, 0.25) is 5.91 Å². The summed E-state index contributed by atoms with van der Waals surface area (Å²) in [7, 11) is 0. The molecule has 1 aromatic heterocycles. The molecule has 0 aliphatic heterocycles. The van der Waals surface area contributed by atoms with Crippen molar-refractivity contribution >= 4 is 17.6 Å². The summed E-state index contributed by atoms with van der Waals surface area (Å²) in [5.74, 6) is -1.89. The highest BCUT2D eigenvalue weighted by atomic mass is 16.4. The van der Waals surface area contributed by atoms with Gasteiger partial charge in [-0.1, -0.05) is 13.3 Å². The van der Waals surface area contributed by atoms with E-state index in [1.54, 1.807) is 0 Å². The Bertz CT molecular complexity index is 463. The Morgan fingerprint density at radius 1 is 1.32 bits per heavy atom. The van der Waals surface area contributed by atoms with E-state index in [0.29, 0.717) is 24.4 Å². The predicted octanol–water partition coefficient (Wildman–Crippen LogP) is 1.55. The predicted molar refractivity (Wildman–Crippen MR) is 68.3 cm³/mol. The molecule has 1 saturated carbocycles. The summed E-state index contributed by atoms with van der Waals surface area (Å²) in [5, 5.41) is 11.9. The number of carboxylic acids is 1. The Kier molecular flexibility index (Phi) is 4.09. The van der Waals surface area contributed by atoms with E-state index in [-0.39, 0.29) is 5.91 Å². The van der Waals surface area contributed by atoms with Crippen molar-refractivity contribution in [2.75, 3.05) is 5.32 Å². The van der Waals surface area contributed by atoms with Crippen LogP contribution in [-0.2, 0) is 9.59 Å². The number of nitrogens with zero attached hydrogens (tertiary/aromatic N) is 2. The maximum absolute atomic E-state index is 12.2. The second kappa shape index (κ2) is 5.77. The molecule has 19 heavy (non-hydrogen) atoms. The first-order valence-corrected chi connectivity index (χ1v) is 6.40. The van der Waals surface area contributed by atoms with Gasteiger partial charge in [-0.2, -0.15) is 0 Å². The molecule has 102 valence electrons. The fourth-order valence-corrected chi connectivity index (χ4v) is 2.64. The summed E-state index contributed by atoms with van der Waals surface area (Å²) in [6, 6.07) is 0. The number of hydrogen-bond donors (Lipinski definition) is 2. The maximum Gasteiger partial charge on any atom is 0.307 e. The Morgan fingerprint density at radius 2 is 1.95 bits per heavy atom. The monoisotopic (exact) mass is 263 g/mol. The van der Waals surface area contributed by atoms with Crippen LogP contribution in [0.15, 0.2) is 18.7 Å². The van der Waals surface area contributed by atoms with E-state index in [1.807, 2.05) is 6.92 Å². The largest absolute Gasteiger partial charge is 0.481 e. The number of anilines is 1. The van der Waals surface area contributed by atoms with Crippen molar-refractivity contribution in [3.8, 4) is 0 Å². The van der Waals surface area contributed by atoms with Crippen LogP contribution in [0.1, 0.15) is 26.2 Å². The molecule has 0 bridgehead atoms. The topological polar surface area (TPSA) is 92.2 Å². The molecule has 1 aliphatic carbocycles. The first-order chi connectivity index (χ1) is 9.11. The Hall–Kier alpha value is -1.98. The van der Waals surface area contributed by atoms with Crippen LogP contribution in [0, 0.1) is 17.8 Å². The van der Waals surface area contributed by atoms with E-state index in [4.69, 9.17) is 0 Å². The van der Waals surface area contributed by atoms with Crippen molar-refractivity contribution in [3.63, 3.8) is 0 Å². The second-order valence-electron chi connectivity index (χ2n) is 4.91. The minimum absolute atomic E-state index is 0.252. The molecule has 1 aromatic rings. The average molecular weight is 263 g/mol. The van der Waals surface area contributed by atoms with Crippen molar-refractivity contribution < 1.29 is 14.7 Å². The van der Waals surface area contributed by atoms with E-state index < -0.39 is 17.8 Å². The lowest BCUT2D eigenvalue weighted by Gasteiger charge is -2.15. The summed E-state index contributed by atoms with van der Waals surface area (Å²) in [4.78, 5) is 31.0. The van der Waals surface area contributed by atoms with E-state index in [2.05, 4.69) is 15.3 Å². The van der Waals surface area contributed by atoms with Crippen LogP contribution in [0.5, 0.6) is 0 Å². The quantitative estimate of drug-likeness (QED) is 0.859. The molecule has 6 nitrogen and oxygen atoms in total. The summed E-state index contributed by atoms with van der Waals surface area (Å²) >= 11 is 0. The van der Waals surface area contributed by atoms with Crippen LogP contribution in [0.3, 0.4) is 0 Å². The van der Waals surface area contributed by atoms with Gasteiger partial charge in [-0.25, -0.2) is 9.97 Å². The third-order valence-corrected chi connectivity index (χ3v) is 3.72. The maximum atomic E-state index is 12.2. The molecule has 1 heterocycles. The number of aliphatic carboxylic acids is 1. The molecule has 6 heteroatoms. The lowest BCUT2D eigenvalue weighted by molar-refractivity contribution is -0.145. The van der Waals surface area contributed by atoms with Crippen LogP contribution in [0.2, 0.25) is 0 Å². The molecular weight excluding hydrogens is 246 g/mol. The van der Waals surface area contributed by atoms with Crippen molar-refractivity contribution in [1.29, 1.82) is 0 Å². The number of rotatable bonds is 4. The molecule has 3 atom stereocenters. The number of nitrogens with one attached hydrogen (secondary N) is 1. The van der Waals surface area contributed by atoms with Gasteiger partial charge < -0.3 is 10.4 Å². The van der Waals surface area contributed by atoms with Gasteiger partial charge in [-0.15, -0.1) is 0 Å². The molecule has 1 amide bonds. The third-order valence-electron chi connectivity index (χ3n) is 3.72. The number of carbonyl (C=O) groups excluding carboxylic acids is 1. The highest BCUT2D eigenvalue weighted by molar-refractivity contribution is 5.95. The Balaban J connectivity index is 2.07. The standard InChI is InChI=1S/C13H17N3O3/c1-2-8-3-10(11(4-8)13(18)19)12(17)16-9-5-14-7-15-6-9/h5-8,10-11H,2-4H2,1H3,(H,16,17)(H,18,19). The third kappa shape index (κ3) is 3.07. The highest BCUT2D eigenvalue weighted by Crippen LogP contribution is 2.38. The fraction of sp³-hybridized carbons (Fsp3) is 0.538. The minimum Gasteiger partial charge on any atom is -0.481 e. The molecule has 0 aromatic carbocycles. The normalized spacial score (nSPS) is 26.1. The van der Waals surface area contributed by atoms with Crippen LogP contribution in [0.25, 0.3) is 0 Å². The van der Waals surface area contributed by atoms with E-state index in [9.17, 15) is 14.7 Å². The van der Waals surface area contributed by atoms with Crippen LogP contribution < -0.4 is 5.32 Å². The van der Waals surface area contributed by atoms with Gasteiger partial charge in [0.1, 0.15) is 6.33 Å². The zero-order valence-corrected chi connectivity index (χ0v) is 10.7. The fourth-order valence-electron chi connectivity index (χ4n) is 2.64. The van der Waals surface area contributed by atoms with Crippen LogP contribution in [-0.4, -0.2) is 27.0 Å². The van der Waals surface area contributed by atoms with Gasteiger partial charge in [0.15, 0.2) is 0 Å². The lowest BCUT2D eigenvalue weighted by atomic mass is 9.95. The molecule has 1 aliphatic rings. The molecule has 0 saturated heterocycles. The first kappa shape index (κ1) is 13.5. The summed E-state index contributed by atoms with van der Waals surface area (Å²) in [5.41, 5.74) is 0.497. The molecule has 3 unspecified atom stereocenters. The average Bonchev–Trinajstić information content (AvgIpc) is 2.84. The summed E-state index contributed by atoms with van der Waals surface area (Å²) in [6.45, 7) is 2.02. The van der Waals surface area contributed by atoms with Crippen molar-refractivity contribution in [2.24, 2.45) is 17.8 Å². The van der Waals surface area contributed by atoms with Crippen molar-refractivity contribution in [2.45, 2.75) is 26.2 Å². The Labute approximate surface area is 111 Å². The van der Waals surface area contributed by atoms with Crippen LogP contribution >= 0.6 is 0 Å². The summed E-state index contributed by atoms with van der Waals surface area (Å²) < 4.78 is 0. The van der Waals surface area contributed by atoms with Gasteiger partial charge in [0.05, 0.1) is 29.9 Å². The molecule has 2 rings (SSSR count). The smallest absolute Gasteiger partial charge is 0.307 e. The number of amides is 1. The number of carboxylic acid groups (broad SMARTS) is 1. The highest BCUT2D eigenvalue weighted by Gasteiger charge is 2.42. The second-order valence-corrected chi connectivity index (χ2v) is 4.91. The number of hydrogen-bond acceptors (Lipinski definition) is 4. The van der Waals surface area contributed by atoms with Gasteiger partial charge in [0, 0.05) is 0 Å². The number of aromatic nitrogens is 2. The van der Waals surface area contributed by atoms with Crippen LogP contribution in [0.4, 0.5) is 5.69 Å². The Morgan fingerprint density at radius 3 is 2.53 bits per heavy atom. The zero-order valence-electron chi connectivity index (χ0n) is 10.7. The van der Waals surface area contributed by atoms with E-state index in [1.165, 1.54) is 18.7 Å². The summed E-state index contributed by atoms with van der Waals surface area (Å²) in [6.07, 6.45) is 6.47. The SMILES string of the molecule is CCC1CC(C(=O)O)C(C(=O)Nc2cncnc2)C1. The van der Waals surface area contributed by atoms with Crippen molar-refractivity contribution in [3.05, 3.63) is 18.7 Å². The minimum atomic E-state index is -0.889. The lowest BCUT2D eigenvalue weighted by Crippen LogP contribution is -2.30. The van der Waals surface area contributed by atoms with Crippen molar-refractivity contribution in [1.82, 2.24) is 9.97 Å². The van der Waals surface area contributed by atoms with E-state index >= 15 is 0 Å². The van der Waals surface area contributed by atoms with Gasteiger partial charge >= 0.3 is 5.97 Å². The zero-order chi connectivity index (χ0) is 13.8. The molecule has 1 fully saturated rings. The molecule has 2 N–H and O–H groups in total. The van der Waals surface area contributed by atoms with Gasteiger partial charge in [0.25, 0.3) is 0 Å². The van der Waals surface area contributed by atoms with Gasteiger partial charge in [-0.3, -0.25) is 9.59 Å². The molecule has 0 radical (unpaired) electrons. The molecular formula is C13H17N3O3. The van der Waals surface area contributed by atoms with E-state index in [0.717, 1.165) is 6.42 Å². The molecule has 0 spiro atoms.